The zero-order chi connectivity index (χ0) is 21.1. The van der Waals surface area contributed by atoms with Gasteiger partial charge in [-0.25, -0.2) is 0 Å². The van der Waals surface area contributed by atoms with E-state index < -0.39 is 0 Å². The third kappa shape index (κ3) is 4.78. The summed E-state index contributed by atoms with van der Waals surface area (Å²) >= 11 is 0. The van der Waals surface area contributed by atoms with Gasteiger partial charge in [-0.1, -0.05) is 12.1 Å². The molecule has 7 heteroatoms. The first-order valence-corrected chi connectivity index (χ1v) is 11.2. The Balaban J connectivity index is 1.24. The zero-order valence-electron chi connectivity index (χ0n) is 18.6. The van der Waals surface area contributed by atoms with Crippen LogP contribution in [0, 0.1) is 0 Å². The number of amides is 1. The van der Waals surface area contributed by atoms with Crippen molar-refractivity contribution in [2.24, 2.45) is 4.99 Å². The molecule has 1 atom stereocenters. The minimum Gasteiger partial charge on any atom is -0.493 e. The summed E-state index contributed by atoms with van der Waals surface area (Å²) in [5.41, 5.74) is 2.69. The average Bonchev–Trinajstić information content (AvgIpc) is 3.23. The number of piperazine rings is 2. The summed E-state index contributed by atoms with van der Waals surface area (Å²) in [6, 6.07) is 7.15. The molecule has 0 radical (unpaired) electrons. The van der Waals surface area contributed by atoms with Crippen molar-refractivity contribution in [2.45, 2.75) is 26.3 Å². The third-order valence-electron chi connectivity index (χ3n) is 6.79. The number of rotatable bonds is 5. The minimum absolute atomic E-state index is 0.135. The number of hydrogen-bond donors (Lipinski definition) is 0. The third-order valence-corrected chi connectivity index (χ3v) is 6.79. The smallest absolute Gasteiger partial charge is 0.219 e. The first-order chi connectivity index (χ1) is 14.5. The molecule has 1 aromatic carbocycles. The van der Waals surface area contributed by atoms with Crippen molar-refractivity contribution in [1.82, 2.24) is 19.6 Å². The van der Waals surface area contributed by atoms with Gasteiger partial charge >= 0.3 is 0 Å². The molecule has 2 saturated heterocycles. The van der Waals surface area contributed by atoms with Crippen LogP contribution in [-0.4, -0.2) is 104 Å². The van der Waals surface area contributed by atoms with E-state index in [2.05, 4.69) is 46.9 Å². The molecule has 3 aliphatic heterocycles. The topological polar surface area (TPSA) is 51.6 Å². The molecule has 1 amide bonds. The number of ether oxygens (including phenoxy) is 1. The number of amidine groups is 1. The van der Waals surface area contributed by atoms with E-state index in [1.165, 1.54) is 11.1 Å². The average molecular weight is 414 g/mol. The van der Waals surface area contributed by atoms with E-state index in [9.17, 15) is 4.79 Å². The van der Waals surface area contributed by atoms with Crippen LogP contribution >= 0.6 is 0 Å². The molecular weight excluding hydrogens is 378 g/mol. The molecule has 0 saturated carbocycles. The Bertz CT molecular complexity index is 788. The fourth-order valence-electron chi connectivity index (χ4n) is 4.56. The van der Waals surface area contributed by atoms with Crippen LogP contribution in [0.3, 0.4) is 0 Å². The zero-order valence-corrected chi connectivity index (χ0v) is 18.6. The molecule has 0 spiro atoms. The number of likely N-dealkylation sites (N-methyl/N-ethyl adjacent to an activating group) is 1. The Morgan fingerprint density at radius 3 is 2.73 bits per heavy atom. The second kappa shape index (κ2) is 9.35. The van der Waals surface area contributed by atoms with Gasteiger partial charge in [-0.15, -0.1) is 0 Å². The normalized spacial score (nSPS) is 22.8. The van der Waals surface area contributed by atoms with Gasteiger partial charge in [-0.05, 0) is 24.1 Å². The van der Waals surface area contributed by atoms with Gasteiger partial charge in [-0.3, -0.25) is 19.6 Å². The first kappa shape index (κ1) is 21.1. The van der Waals surface area contributed by atoms with E-state index >= 15 is 0 Å². The van der Waals surface area contributed by atoms with Crippen LogP contribution in [0.15, 0.2) is 23.2 Å². The lowest BCUT2D eigenvalue weighted by molar-refractivity contribution is -0.128. The van der Waals surface area contributed by atoms with Gasteiger partial charge < -0.3 is 14.5 Å². The molecule has 4 rings (SSSR count). The van der Waals surface area contributed by atoms with Crippen LogP contribution in [0.4, 0.5) is 0 Å². The van der Waals surface area contributed by atoms with E-state index in [1.54, 1.807) is 6.92 Å². The highest BCUT2D eigenvalue weighted by Gasteiger charge is 2.24. The van der Waals surface area contributed by atoms with Crippen molar-refractivity contribution in [3.63, 3.8) is 0 Å². The number of fused-ring (bicyclic) bond motifs is 1. The molecule has 2 fully saturated rings. The largest absolute Gasteiger partial charge is 0.493 e. The minimum atomic E-state index is 0.135. The van der Waals surface area contributed by atoms with Gasteiger partial charge in [0.2, 0.25) is 5.91 Å². The predicted octanol–water partition coefficient (Wildman–Crippen LogP) is 1.49. The summed E-state index contributed by atoms with van der Waals surface area (Å²) in [6.45, 7) is 13.1. The van der Waals surface area contributed by atoms with Crippen LogP contribution in [0.2, 0.25) is 0 Å². The molecule has 0 aliphatic carbocycles. The van der Waals surface area contributed by atoms with E-state index in [0.717, 1.165) is 77.0 Å². The molecule has 30 heavy (non-hydrogen) atoms. The fourth-order valence-corrected chi connectivity index (χ4v) is 4.56. The fraction of sp³-hybridized carbons (Fsp3) is 0.652. The Hall–Kier alpha value is -2.12. The van der Waals surface area contributed by atoms with Gasteiger partial charge in [0, 0.05) is 72.2 Å². The number of benzene rings is 1. The van der Waals surface area contributed by atoms with E-state index in [1.807, 2.05) is 4.90 Å². The van der Waals surface area contributed by atoms with Gasteiger partial charge in [0.15, 0.2) is 0 Å². The number of aliphatic imine (C=N–C) groups is 1. The summed E-state index contributed by atoms with van der Waals surface area (Å²) < 4.78 is 5.75. The Morgan fingerprint density at radius 1 is 1.17 bits per heavy atom. The van der Waals surface area contributed by atoms with Crippen LogP contribution in [-0.2, 0) is 11.2 Å². The number of hydrogen-bond acceptors (Lipinski definition) is 5. The van der Waals surface area contributed by atoms with Crippen molar-refractivity contribution < 1.29 is 9.53 Å². The maximum absolute atomic E-state index is 11.6. The van der Waals surface area contributed by atoms with Crippen LogP contribution < -0.4 is 4.74 Å². The first-order valence-electron chi connectivity index (χ1n) is 11.2. The number of carbonyl (C=O) groups is 1. The monoisotopic (exact) mass is 413 g/mol. The van der Waals surface area contributed by atoms with Crippen molar-refractivity contribution in [3.8, 4) is 5.75 Å². The molecule has 0 aromatic heterocycles. The van der Waals surface area contributed by atoms with Gasteiger partial charge in [0.1, 0.15) is 11.6 Å². The second-order valence-electron chi connectivity index (χ2n) is 8.68. The van der Waals surface area contributed by atoms with Gasteiger partial charge in [-0.2, -0.15) is 0 Å². The van der Waals surface area contributed by atoms with E-state index in [4.69, 9.17) is 9.73 Å². The molecule has 164 valence electrons. The maximum Gasteiger partial charge on any atom is 0.219 e. The van der Waals surface area contributed by atoms with Crippen LogP contribution in [0.1, 0.15) is 31.0 Å². The number of carbonyl (C=O) groups excluding carboxylic acids is 1. The molecule has 3 heterocycles. The van der Waals surface area contributed by atoms with E-state index in [-0.39, 0.29) is 5.91 Å². The quantitative estimate of drug-likeness (QED) is 0.732. The van der Waals surface area contributed by atoms with E-state index in [0.29, 0.717) is 12.6 Å². The molecule has 0 bridgehead atoms. The molecular formula is C23H35N5O2. The maximum atomic E-state index is 11.6. The van der Waals surface area contributed by atoms with Crippen LogP contribution in [0.25, 0.3) is 0 Å². The number of nitrogens with zero attached hydrogens (tertiary/aromatic N) is 5. The van der Waals surface area contributed by atoms with Crippen molar-refractivity contribution in [3.05, 3.63) is 29.3 Å². The Morgan fingerprint density at radius 2 is 1.97 bits per heavy atom. The lowest BCUT2D eigenvalue weighted by Gasteiger charge is -2.38. The Labute approximate surface area is 180 Å². The molecule has 3 aliphatic rings. The molecule has 0 N–H and O–H groups in total. The lowest BCUT2D eigenvalue weighted by Crippen LogP contribution is -2.50. The summed E-state index contributed by atoms with van der Waals surface area (Å²) in [4.78, 5) is 25.6. The van der Waals surface area contributed by atoms with Gasteiger partial charge in [0.05, 0.1) is 19.7 Å². The molecule has 1 aromatic rings. The highest BCUT2D eigenvalue weighted by molar-refractivity contribution is 5.88. The van der Waals surface area contributed by atoms with Gasteiger partial charge in [0.25, 0.3) is 0 Å². The summed E-state index contributed by atoms with van der Waals surface area (Å²) in [5.74, 6) is 2.24. The summed E-state index contributed by atoms with van der Waals surface area (Å²) in [5, 5.41) is 0. The predicted molar refractivity (Wildman–Crippen MR) is 119 cm³/mol. The SMILES string of the molecule is CC(=O)N1CCN(C)/C(=N\CCN2CCN(C(C)c3ccc4c(c3)OCC4)CC2)C1. The highest BCUT2D eigenvalue weighted by Crippen LogP contribution is 2.30. The summed E-state index contributed by atoms with van der Waals surface area (Å²) in [7, 11) is 2.07. The van der Waals surface area contributed by atoms with Crippen molar-refractivity contribution in [2.75, 3.05) is 72.6 Å². The summed E-state index contributed by atoms with van der Waals surface area (Å²) in [6.07, 6.45) is 1.04. The molecule has 1 unspecified atom stereocenters. The lowest BCUT2D eigenvalue weighted by atomic mass is 10.0. The van der Waals surface area contributed by atoms with Crippen molar-refractivity contribution in [1.29, 1.82) is 0 Å². The van der Waals surface area contributed by atoms with Crippen molar-refractivity contribution >= 4 is 11.7 Å². The standard InChI is InChI=1S/C23H35N5O2/c1-18(21-5-4-20-6-15-30-22(20)16-21)27-13-10-26(11-14-27)8-7-24-23-17-28(19(2)29)12-9-25(23)3/h4-5,16,18H,6-15,17H2,1-3H3/b24-23-. The van der Waals surface area contributed by atoms with Crippen LogP contribution in [0.5, 0.6) is 5.75 Å². The second-order valence-corrected chi connectivity index (χ2v) is 8.68. The highest BCUT2D eigenvalue weighted by atomic mass is 16.5. The molecule has 7 nitrogen and oxygen atoms in total. The Kier molecular flexibility index (Phi) is 6.58.